The van der Waals surface area contributed by atoms with E-state index >= 15 is 0 Å². The number of nitrogens with zero attached hydrogens (tertiary/aromatic N) is 2. The van der Waals surface area contributed by atoms with E-state index in [9.17, 15) is 5.21 Å². The summed E-state index contributed by atoms with van der Waals surface area (Å²) in [6.07, 6.45) is 1.82. The lowest BCUT2D eigenvalue weighted by Crippen LogP contribution is -2.14. The molecule has 0 bridgehead atoms. The molecule has 4 heteroatoms. The molecule has 3 rings (SSSR count). The fourth-order valence-electron chi connectivity index (χ4n) is 2.87. The Morgan fingerprint density at radius 3 is 2.64 bits per heavy atom. The van der Waals surface area contributed by atoms with Gasteiger partial charge in [-0.1, -0.05) is 18.2 Å². The number of hydrogen-bond acceptors (Lipinski definition) is 4. The van der Waals surface area contributed by atoms with Crippen LogP contribution in [0.15, 0.2) is 47.5 Å². The highest BCUT2D eigenvalue weighted by Gasteiger charge is 2.26. The molecule has 2 unspecified atom stereocenters. The molecule has 2 aromatic carbocycles. The molecule has 2 atom stereocenters. The first kappa shape index (κ1) is 14.8. The van der Waals surface area contributed by atoms with Crippen molar-refractivity contribution >= 4 is 11.9 Å². The van der Waals surface area contributed by atoms with Crippen molar-refractivity contribution in [2.75, 3.05) is 7.11 Å². The zero-order valence-corrected chi connectivity index (χ0v) is 13.0. The topological polar surface area (TPSA) is 47.9 Å². The molecule has 1 heterocycles. The van der Waals surface area contributed by atoms with Crippen LogP contribution in [-0.2, 0) is 0 Å². The Labute approximate surface area is 130 Å². The standard InChI is InChI=1S/C18H19N2O2/c1-12-17-8-7-14(9-18(17)13(2)20(12)21)11-19-15-5-4-6-16(10-15)22-3/h4-13H,1-3H3/q-1. The molecule has 0 radical (unpaired) electrons. The summed E-state index contributed by atoms with van der Waals surface area (Å²) in [5.41, 5.74) is 4.04. The minimum absolute atomic E-state index is 0.0747. The molecule has 0 aliphatic carbocycles. The number of benzene rings is 2. The lowest BCUT2D eigenvalue weighted by atomic mass is 10.0. The molecule has 0 fully saturated rings. The highest BCUT2D eigenvalue weighted by molar-refractivity contribution is 5.82. The van der Waals surface area contributed by atoms with Gasteiger partial charge in [0.25, 0.3) is 0 Å². The Balaban J connectivity index is 1.86. The van der Waals surface area contributed by atoms with Crippen LogP contribution in [0.2, 0.25) is 0 Å². The van der Waals surface area contributed by atoms with Gasteiger partial charge in [0.2, 0.25) is 0 Å². The van der Waals surface area contributed by atoms with Crippen LogP contribution in [0.25, 0.3) is 0 Å². The van der Waals surface area contributed by atoms with E-state index < -0.39 is 0 Å². The predicted molar refractivity (Wildman–Crippen MR) is 88.7 cm³/mol. The molecule has 4 nitrogen and oxygen atoms in total. The van der Waals surface area contributed by atoms with E-state index in [4.69, 9.17) is 4.74 Å². The zero-order chi connectivity index (χ0) is 15.7. The monoisotopic (exact) mass is 295 g/mol. The van der Waals surface area contributed by atoms with Crippen LogP contribution in [0.5, 0.6) is 5.75 Å². The van der Waals surface area contributed by atoms with Gasteiger partial charge >= 0.3 is 0 Å². The number of methoxy groups -OCH3 is 1. The predicted octanol–water partition coefficient (Wildman–Crippen LogP) is 4.38. The Hall–Kier alpha value is -2.17. The van der Waals surface area contributed by atoms with Gasteiger partial charge in [-0.2, -0.15) is 0 Å². The summed E-state index contributed by atoms with van der Waals surface area (Å²) in [7, 11) is 1.64. The highest BCUT2D eigenvalue weighted by atomic mass is 16.5. The summed E-state index contributed by atoms with van der Waals surface area (Å²) < 4.78 is 5.19. The summed E-state index contributed by atoms with van der Waals surface area (Å²) >= 11 is 0. The van der Waals surface area contributed by atoms with Crippen molar-refractivity contribution in [2.45, 2.75) is 25.9 Å². The normalized spacial score (nSPS) is 21.3. The zero-order valence-electron chi connectivity index (χ0n) is 13.0. The van der Waals surface area contributed by atoms with E-state index in [-0.39, 0.29) is 12.1 Å². The third kappa shape index (κ3) is 2.63. The molecule has 1 aliphatic heterocycles. The van der Waals surface area contributed by atoms with Gasteiger partial charge < -0.3 is 15.0 Å². The minimum atomic E-state index is -0.102. The largest absolute Gasteiger partial charge is 0.784 e. The van der Waals surface area contributed by atoms with Gasteiger partial charge in [0.05, 0.1) is 12.8 Å². The Kier molecular flexibility index (Phi) is 3.96. The van der Waals surface area contributed by atoms with Gasteiger partial charge in [-0.3, -0.25) is 4.99 Å². The summed E-state index contributed by atoms with van der Waals surface area (Å²) in [6.45, 7) is 3.89. The molecule has 0 spiro atoms. The fourth-order valence-corrected chi connectivity index (χ4v) is 2.87. The second-order valence-electron chi connectivity index (χ2n) is 5.56. The van der Waals surface area contributed by atoms with E-state index in [1.165, 1.54) is 0 Å². The molecule has 1 aliphatic rings. The average molecular weight is 295 g/mol. The van der Waals surface area contributed by atoms with Crippen LogP contribution < -0.4 is 4.74 Å². The lowest BCUT2D eigenvalue weighted by Gasteiger charge is -2.32. The van der Waals surface area contributed by atoms with Crippen molar-refractivity contribution < 1.29 is 4.74 Å². The number of rotatable bonds is 3. The van der Waals surface area contributed by atoms with Crippen LogP contribution in [0.3, 0.4) is 0 Å². The minimum Gasteiger partial charge on any atom is -0.784 e. The molecule has 0 N–H and O–H groups in total. The molecule has 22 heavy (non-hydrogen) atoms. The van der Waals surface area contributed by atoms with Crippen LogP contribution in [-0.4, -0.2) is 18.4 Å². The van der Waals surface area contributed by atoms with Crippen LogP contribution in [0.1, 0.15) is 42.6 Å². The molecule has 2 aromatic rings. The molecule has 0 aromatic heterocycles. The quantitative estimate of drug-likeness (QED) is 0.789. The maximum Gasteiger partial charge on any atom is 0.121 e. The third-order valence-corrected chi connectivity index (χ3v) is 4.19. The van der Waals surface area contributed by atoms with E-state index in [1.54, 1.807) is 7.11 Å². The van der Waals surface area contributed by atoms with Crippen LogP contribution in [0, 0.1) is 5.21 Å². The second kappa shape index (κ2) is 5.91. The van der Waals surface area contributed by atoms with Gasteiger partial charge in [-0.15, -0.1) is 0 Å². The van der Waals surface area contributed by atoms with E-state index in [0.717, 1.165) is 33.2 Å². The molecule has 0 amide bonds. The number of hydroxylamine groups is 2. The van der Waals surface area contributed by atoms with Gasteiger partial charge in [0, 0.05) is 24.4 Å². The first-order valence-corrected chi connectivity index (χ1v) is 7.37. The Bertz CT molecular complexity index is 712. The van der Waals surface area contributed by atoms with Crippen LogP contribution >= 0.6 is 0 Å². The lowest BCUT2D eigenvalue weighted by molar-refractivity contribution is 0.270. The van der Waals surface area contributed by atoms with E-state index in [0.29, 0.717) is 0 Å². The summed E-state index contributed by atoms with van der Waals surface area (Å²) in [5.74, 6) is 0.785. The Morgan fingerprint density at radius 1 is 1.09 bits per heavy atom. The number of hydrogen-bond donors (Lipinski definition) is 0. The van der Waals surface area contributed by atoms with Gasteiger partial charge in [0.1, 0.15) is 5.75 Å². The highest BCUT2D eigenvalue weighted by Crippen LogP contribution is 2.40. The second-order valence-corrected chi connectivity index (χ2v) is 5.56. The first-order valence-electron chi connectivity index (χ1n) is 7.37. The number of fused-ring (bicyclic) bond motifs is 1. The van der Waals surface area contributed by atoms with Crippen molar-refractivity contribution in [3.63, 3.8) is 0 Å². The maximum atomic E-state index is 12.0. The average Bonchev–Trinajstić information content (AvgIpc) is 2.77. The van der Waals surface area contributed by atoms with Gasteiger partial charge in [-0.05, 0) is 48.7 Å². The number of ether oxygens (including phenoxy) is 1. The molecule has 114 valence electrons. The Morgan fingerprint density at radius 2 is 1.86 bits per heavy atom. The fraction of sp³-hybridized carbons (Fsp3) is 0.278. The van der Waals surface area contributed by atoms with Crippen molar-refractivity contribution in [1.82, 2.24) is 5.06 Å². The molecular weight excluding hydrogens is 276 g/mol. The maximum absolute atomic E-state index is 12.0. The van der Waals surface area contributed by atoms with Crippen molar-refractivity contribution in [3.05, 3.63) is 64.4 Å². The molecule has 0 saturated carbocycles. The van der Waals surface area contributed by atoms with Crippen molar-refractivity contribution in [3.8, 4) is 5.75 Å². The summed E-state index contributed by atoms with van der Waals surface area (Å²) in [4.78, 5) is 4.48. The molecule has 0 saturated heterocycles. The van der Waals surface area contributed by atoms with Crippen molar-refractivity contribution in [1.29, 1.82) is 0 Å². The van der Waals surface area contributed by atoms with Crippen LogP contribution in [0.4, 0.5) is 5.69 Å². The number of aliphatic imine (C=N–C) groups is 1. The first-order chi connectivity index (χ1) is 10.6. The summed E-state index contributed by atoms with van der Waals surface area (Å²) in [6, 6.07) is 13.5. The van der Waals surface area contributed by atoms with Gasteiger partial charge in [0.15, 0.2) is 0 Å². The van der Waals surface area contributed by atoms with E-state index in [1.807, 2.05) is 56.5 Å². The third-order valence-electron chi connectivity index (χ3n) is 4.19. The van der Waals surface area contributed by atoms with Gasteiger partial charge in [-0.25, -0.2) is 0 Å². The smallest absolute Gasteiger partial charge is 0.121 e. The van der Waals surface area contributed by atoms with E-state index in [2.05, 4.69) is 11.1 Å². The molecular formula is C18H19N2O2-. The summed E-state index contributed by atoms with van der Waals surface area (Å²) in [5, 5.41) is 13.1. The SMILES string of the molecule is COc1cccc(N=Cc2ccc3c(c2)C(C)N([O-])C3C)c1. The van der Waals surface area contributed by atoms with Crippen molar-refractivity contribution in [2.24, 2.45) is 4.99 Å².